The van der Waals surface area contributed by atoms with Gasteiger partial charge in [0, 0.05) is 35.6 Å². The molecule has 1 amide bonds. The third-order valence-corrected chi connectivity index (χ3v) is 6.05. The molecule has 126 valence electrons. The van der Waals surface area contributed by atoms with Gasteiger partial charge in [0.05, 0.1) is 6.42 Å². The van der Waals surface area contributed by atoms with Gasteiger partial charge in [-0.05, 0) is 36.0 Å². The predicted octanol–water partition coefficient (Wildman–Crippen LogP) is 4.12. The Morgan fingerprint density at radius 2 is 1.76 bits per heavy atom. The molecule has 1 saturated carbocycles. The Bertz CT molecular complexity index is 913. The molecule has 2 aliphatic rings. The number of amides is 1. The summed E-state index contributed by atoms with van der Waals surface area (Å²) in [5.41, 5.74) is 4.07. The SMILES string of the molecule is O=C(Cc1c[nH]c2ccccc12)N1CC2(CC(c3ccccc3)C2)C1. The van der Waals surface area contributed by atoms with Crippen molar-refractivity contribution in [3.63, 3.8) is 0 Å². The molecule has 2 heterocycles. The van der Waals surface area contributed by atoms with E-state index in [1.165, 1.54) is 23.8 Å². The van der Waals surface area contributed by atoms with Gasteiger partial charge in [-0.25, -0.2) is 0 Å². The number of para-hydroxylation sites is 1. The second kappa shape index (κ2) is 5.48. The molecule has 1 N–H and O–H groups in total. The van der Waals surface area contributed by atoms with Gasteiger partial charge in [0.15, 0.2) is 0 Å². The third-order valence-electron chi connectivity index (χ3n) is 6.05. The molecular weight excluding hydrogens is 308 g/mol. The fourth-order valence-corrected chi connectivity index (χ4v) is 4.70. The number of nitrogens with one attached hydrogen (secondary N) is 1. The van der Waals surface area contributed by atoms with Crippen molar-refractivity contribution in [1.29, 1.82) is 0 Å². The second-order valence-electron chi connectivity index (χ2n) is 7.80. The number of carbonyl (C=O) groups is 1. The van der Waals surface area contributed by atoms with Crippen molar-refractivity contribution in [3.05, 3.63) is 71.9 Å². The standard InChI is InChI=1S/C22H22N2O/c25-21(10-17-13-23-20-9-5-4-8-19(17)20)24-14-22(15-24)11-18(12-22)16-6-2-1-3-7-16/h1-9,13,18,23H,10-12,14-15H2. The van der Waals surface area contributed by atoms with Gasteiger partial charge in [0.25, 0.3) is 0 Å². The van der Waals surface area contributed by atoms with Crippen molar-refractivity contribution >= 4 is 16.8 Å². The van der Waals surface area contributed by atoms with Crippen LogP contribution in [0.4, 0.5) is 0 Å². The predicted molar refractivity (Wildman–Crippen MR) is 99.4 cm³/mol. The third kappa shape index (κ3) is 2.46. The van der Waals surface area contributed by atoms with Gasteiger partial charge in [-0.2, -0.15) is 0 Å². The van der Waals surface area contributed by atoms with E-state index in [1.807, 2.05) is 23.2 Å². The van der Waals surface area contributed by atoms with Crippen LogP contribution in [0.2, 0.25) is 0 Å². The highest BCUT2D eigenvalue weighted by atomic mass is 16.2. The molecule has 1 aliphatic carbocycles. The van der Waals surface area contributed by atoms with Crippen LogP contribution in [0.15, 0.2) is 60.8 Å². The van der Waals surface area contributed by atoms with E-state index in [1.54, 1.807) is 0 Å². The summed E-state index contributed by atoms with van der Waals surface area (Å²) in [6, 6.07) is 19.0. The van der Waals surface area contributed by atoms with E-state index in [0.29, 0.717) is 17.8 Å². The molecule has 0 radical (unpaired) electrons. The van der Waals surface area contributed by atoms with Crippen molar-refractivity contribution in [3.8, 4) is 0 Å². The van der Waals surface area contributed by atoms with Crippen LogP contribution < -0.4 is 0 Å². The Kier molecular flexibility index (Phi) is 3.24. The minimum atomic E-state index is 0.263. The van der Waals surface area contributed by atoms with Crippen LogP contribution in [0, 0.1) is 5.41 Å². The van der Waals surface area contributed by atoms with Crippen LogP contribution in [0.1, 0.15) is 29.9 Å². The monoisotopic (exact) mass is 330 g/mol. The molecule has 0 bridgehead atoms. The Labute approximate surface area is 147 Å². The van der Waals surface area contributed by atoms with Crippen molar-refractivity contribution in [2.24, 2.45) is 5.41 Å². The van der Waals surface area contributed by atoms with E-state index < -0.39 is 0 Å². The van der Waals surface area contributed by atoms with Crippen LogP contribution >= 0.6 is 0 Å². The van der Waals surface area contributed by atoms with E-state index in [4.69, 9.17) is 0 Å². The molecule has 1 saturated heterocycles. The number of nitrogens with zero attached hydrogens (tertiary/aromatic N) is 1. The fraction of sp³-hybridized carbons (Fsp3) is 0.318. The van der Waals surface area contributed by atoms with Crippen LogP contribution in [0.25, 0.3) is 10.9 Å². The van der Waals surface area contributed by atoms with Gasteiger partial charge in [-0.3, -0.25) is 4.79 Å². The van der Waals surface area contributed by atoms with Crippen LogP contribution in [0.5, 0.6) is 0 Å². The molecule has 0 unspecified atom stereocenters. The van der Waals surface area contributed by atoms with Gasteiger partial charge < -0.3 is 9.88 Å². The maximum atomic E-state index is 12.6. The van der Waals surface area contributed by atoms with Crippen molar-refractivity contribution in [2.75, 3.05) is 13.1 Å². The number of rotatable bonds is 3. The van der Waals surface area contributed by atoms with E-state index in [0.717, 1.165) is 24.2 Å². The average Bonchev–Trinajstić information content (AvgIpc) is 2.96. The summed E-state index contributed by atoms with van der Waals surface area (Å²) < 4.78 is 0. The Morgan fingerprint density at radius 3 is 2.56 bits per heavy atom. The van der Waals surface area contributed by atoms with E-state index in [9.17, 15) is 4.79 Å². The van der Waals surface area contributed by atoms with Gasteiger partial charge in [0.1, 0.15) is 0 Å². The molecule has 3 nitrogen and oxygen atoms in total. The first-order valence-corrected chi connectivity index (χ1v) is 9.10. The molecule has 1 aromatic heterocycles. The van der Waals surface area contributed by atoms with Crippen molar-refractivity contribution in [1.82, 2.24) is 9.88 Å². The molecule has 1 aliphatic heterocycles. The van der Waals surface area contributed by atoms with Crippen LogP contribution in [-0.2, 0) is 11.2 Å². The number of aromatic nitrogens is 1. The molecule has 1 spiro atoms. The lowest BCUT2D eigenvalue weighted by atomic mass is 9.56. The molecule has 25 heavy (non-hydrogen) atoms. The largest absolute Gasteiger partial charge is 0.361 e. The topological polar surface area (TPSA) is 36.1 Å². The molecule has 2 fully saturated rings. The Hall–Kier alpha value is -2.55. The quantitative estimate of drug-likeness (QED) is 0.770. The van der Waals surface area contributed by atoms with Gasteiger partial charge in [-0.15, -0.1) is 0 Å². The lowest BCUT2D eigenvalue weighted by molar-refractivity contribution is -0.150. The number of hydrogen-bond acceptors (Lipinski definition) is 1. The first-order valence-electron chi connectivity index (χ1n) is 9.10. The maximum Gasteiger partial charge on any atom is 0.227 e. The summed E-state index contributed by atoms with van der Waals surface area (Å²) >= 11 is 0. The van der Waals surface area contributed by atoms with Crippen molar-refractivity contribution < 1.29 is 4.79 Å². The molecule has 2 aromatic carbocycles. The first kappa shape index (κ1) is 14.8. The fourth-order valence-electron chi connectivity index (χ4n) is 4.70. The highest BCUT2D eigenvalue weighted by molar-refractivity contribution is 5.89. The minimum absolute atomic E-state index is 0.263. The molecule has 0 atom stereocenters. The molecule has 3 heteroatoms. The Balaban J connectivity index is 1.19. The smallest absolute Gasteiger partial charge is 0.227 e. The summed E-state index contributed by atoms with van der Waals surface area (Å²) in [6.45, 7) is 1.88. The van der Waals surface area contributed by atoms with Crippen molar-refractivity contribution in [2.45, 2.75) is 25.2 Å². The zero-order valence-electron chi connectivity index (χ0n) is 14.2. The lowest BCUT2D eigenvalue weighted by Crippen LogP contribution is -2.63. The van der Waals surface area contributed by atoms with E-state index in [2.05, 4.69) is 47.4 Å². The summed E-state index contributed by atoms with van der Waals surface area (Å²) in [6.07, 6.45) is 4.94. The normalized spacial score (nSPS) is 19.0. The number of benzene rings is 2. The number of likely N-dealkylation sites (tertiary alicyclic amines) is 1. The molecule has 3 aromatic rings. The van der Waals surface area contributed by atoms with Gasteiger partial charge in [-0.1, -0.05) is 48.5 Å². The number of hydrogen-bond donors (Lipinski definition) is 1. The molecular formula is C22H22N2O. The van der Waals surface area contributed by atoms with Gasteiger partial charge in [0.2, 0.25) is 5.91 Å². The average molecular weight is 330 g/mol. The summed E-state index contributed by atoms with van der Waals surface area (Å²) in [7, 11) is 0. The summed E-state index contributed by atoms with van der Waals surface area (Å²) in [4.78, 5) is 17.9. The summed E-state index contributed by atoms with van der Waals surface area (Å²) in [5.74, 6) is 0.950. The number of fused-ring (bicyclic) bond motifs is 1. The Morgan fingerprint density at radius 1 is 1.04 bits per heavy atom. The highest BCUT2D eigenvalue weighted by Gasteiger charge is 2.53. The molecule has 5 rings (SSSR count). The van der Waals surface area contributed by atoms with Crippen LogP contribution in [-0.4, -0.2) is 28.9 Å². The van der Waals surface area contributed by atoms with E-state index >= 15 is 0 Å². The number of carbonyl (C=O) groups excluding carboxylic acids is 1. The highest BCUT2D eigenvalue weighted by Crippen LogP contribution is 2.56. The van der Waals surface area contributed by atoms with Gasteiger partial charge >= 0.3 is 0 Å². The minimum Gasteiger partial charge on any atom is -0.361 e. The first-order chi connectivity index (χ1) is 12.2. The number of aromatic amines is 1. The summed E-state index contributed by atoms with van der Waals surface area (Å²) in [5, 5.41) is 1.17. The zero-order valence-corrected chi connectivity index (χ0v) is 14.2. The second-order valence-corrected chi connectivity index (χ2v) is 7.80. The maximum absolute atomic E-state index is 12.6. The lowest BCUT2D eigenvalue weighted by Gasteiger charge is -2.59. The van der Waals surface area contributed by atoms with E-state index in [-0.39, 0.29) is 5.91 Å². The van der Waals surface area contributed by atoms with Crippen LogP contribution in [0.3, 0.4) is 0 Å². The zero-order chi connectivity index (χ0) is 16.9. The number of H-pyrrole nitrogens is 1.